The summed E-state index contributed by atoms with van der Waals surface area (Å²) in [6.07, 6.45) is 3.95. The molecule has 2 aromatic rings. The van der Waals surface area contributed by atoms with E-state index in [9.17, 15) is 8.42 Å². The predicted octanol–water partition coefficient (Wildman–Crippen LogP) is 3.14. The SMILES string of the molecule is CC(C)S(=O)(=O)NC[C@@H]1CCC2(CCN(Cc3nc4ccccc4s3)CC2)O1. The first-order chi connectivity index (χ1) is 13.4. The molecule has 1 spiro atoms. The Kier molecular flexibility index (Phi) is 5.77. The van der Waals surface area contributed by atoms with Crippen LogP contribution in [0.3, 0.4) is 0 Å². The molecule has 0 saturated carbocycles. The molecule has 3 heterocycles. The molecule has 1 aromatic heterocycles. The molecular weight excluding hydrogens is 394 g/mol. The van der Waals surface area contributed by atoms with E-state index in [-0.39, 0.29) is 11.7 Å². The lowest BCUT2D eigenvalue weighted by Crippen LogP contribution is -2.45. The highest BCUT2D eigenvalue weighted by atomic mass is 32.2. The quantitative estimate of drug-likeness (QED) is 0.773. The van der Waals surface area contributed by atoms with Crippen molar-refractivity contribution in [2.24, 2.45) is 0 Å². The average molecular weight is 424 g/mol. The molecule has 0 aliphatic carbocycles. The van der Waals surface area contributed by atoms with Crippen LogP contribution in [-0.4, -0.2) is 54.9 Å². The van der Waals surface area contributed by atoms with Crippen molar-refractivity contribution in [3.63, 3.8) is 0 Å². The second-order valence-electron chi connectivity index (χ2n) is 8.26. The summed E-state index contributed by atoms with van der Waals surface area (Å²) in [6, 6.07) is 8.29. The molecule has 8 heteroatoms. The van der Waals surface area contributed by atoms with Gasteiger partial charge in [0.2, 0.25) is 10.0 Å². The Morgan fingerprint density at radius 2 is 2.04 bits per heavy atom. The van der Waals surface area contributed by atoms with Crippen LogP contribution in [0, 0.1) is 0 Å². The number of likely N-dealkylation sites (tertiary alicyclic amines) is 1. The van der Waals surface area contributed by atoms with E-state index in [1.807, 2.05) is 6.07 Å². The van der Waals surface area contributed by atoms with E-state index in [0.29, 0.717) is 6.54 Å². The Morgan fingerprint density at radius 1 is 1.29 bits per heavy atom. The lowest BCUT2D eigenvalue weighted by Gasteiger charge is -2.39. The molecule has 1 aromatic carbocycles. The monoisotopic (exact) mass is 423 g/mol. The standard InChI is InChI=1S/C20H29N3O3S2/c1-15(2)28(24,25)21-13-16-7-8-20(26-16)9-11-23(12-10-20)14-19-22-17-5-3-4-6-18(17)27-19/h3-6,15-16,21H,7-14H2,1-2H3/t16-/m0/s1. The van der Waals surface area contributed by atoms with Gasteiger partial charge in [0, 0.05) is 19.6 Å². The molecule has 4 rings (SSSR count). The molecule has 6 nitrogen and oxygen atoms in total. The van der Waals surface area contributed by atoms with Gasteiger partial charge in [-0.05, 0) is 51.7 Å². The lowest BCUT2D eigenvalue weighted by molar-refractivity contribution is -0.0758. The minimum atomic E-state index is -3.23. The van der Waals surface area contributed by atoms with E-state index in [4.69, 9.17) is 9.72 Å². The second-order valence-corrected chi connectivity index (χ2v) is 11.7. The summed E-state index contributed by atoms with van der Waals surface area (Å²) in [7, 11) is -3.23. The summed E-state index contributed by atoms with van der Waals surface area (Å²) in [5.74, 6) is 0. The molecule has 2 aliphatic rings. The van der Waals surface area contributed by atoms with Gasteiger partial charge in [-0.3, -0.25) is 4.90 Å². The zero-order chi connectivity index (χ0) is 19.8. The van der Waals surface area contributed by atoms with Crippen LogP contribution < -0.4 is 4.72 Å². The molecule has 154 valence electrons. The third-order valence-corrected chi connectivity index (χ3v) is 8.77. The molecular formula is C20H29N3O3S2. The fourth-order valence-electron chi connectivity index (χ4n) is 4.08. The van der Waals surface area contributed by atoms with Crippen molar-refractivity contribution in [2.75, 3.05) is 19.6 Å². The van der Waals surface area contributed by atoms with Crippen molar-refractivity contribution in [3.05, 3.63) is 29.3 Å². The number of nitrogens with one attached hydrogen (secondary N) is 1. The number of rotatable bonds is 6. The molecule has 2 aliphatic heterocycles. The minimum absolute atomic E-state index is 0.00987. The number of thiazole rings is 1. The third kappa shape index (κ3) is 4.41. The van der Waals surface area contributed by atoms with E-state index in [0.717, 1.165) is 50.8 Å². The van der Waals surface area contributed by atoms with Crippen LogP contribution >= 0.6 is 11.3 Å². The van der Waals surface area contributed by atoms with Gasteiger partial charge in [-0.2, -0.15) is 0 Å². The van der Waals surface area contributed by atoms with E-state index in [1.165, 1.54) is 9.71 Å². The Bertz CT molecular complexity index is 885. The Balaban J connectivity index is 1.28. The van der Waals surface area contributed by atoms with Gasteiger partial charge in [-0.1, -0.05) is 12.1 Å². The molecule has 1 atom stereocenters. The number of para-hydroxylation sites is 1. The summed E-state index contributed by atoms with van der Waals surface area (Å²) in [5.41, 5.74) is 1.01. The van der Waals surface area contributed by atoms with E-state index in [1.54, 1.807) is 25.2 Å². The molecule has 0 unspecified atom stereocenters. The second kappa shape index (κ2) is 7.99. The number of hydrogen-bond acceptors (Lipinski definition) is 6. The number of benzene rings is 1. The number of sulfonamides is 1. The first kappa shape index (κ1) is 20.2. The molecule has 2 saturated heterocycles. The van der Waals surface area contributed by atoms with Crippen LogP contribution in [0.4, 0.5) is 0 Å². The number of fused-ring (bicyclic) bond motifs is 1. The summed E-state index contributed by atoms with van der Waals surface area (Å²) < 4.78 is 34.2. The number of piperidine rings is 1. The maximum absolute atomic E-state index is 12.0. The van der Waals surface area contributed by atoms with Crippen molar-refractivity contribution in [1.82, 2.24) is 14.6 Å². The first-order valence-corrected chi connectivity index (χ1v) is 12.4. The minimum Gasteiger partial charge on any atom is -0.370 e. The van der Waals surface area contributed by atoms with Gasteiger partial charge in [-0.25, -0.2) is 18.1 Å². The highest BCUT2D eigenvalue weighted by molar-refractivity contribution is 7.90. The molecule has 28 heavy (non-hydrogen) atoms. The zero-order valence-corrected chi connectivity index (χ0v) is 18.2. The first-order valence-electron chi connectivity index (χ1n) is 10.1. The fraction of sp³-hybridized carbons (Fsp3) is 0.650. The Hall–Kier alpha value is -1.06. The van der Waals surface area contributed by atoms with Crippen LogP contribution in [0.25, 0.3) is 10.2 Å². The number of nitrogens with zero attached hydrogens (tertiary/aromatic N) is 2. The summed E-state index contributed by atoms with van der Waals surface area (Å²) in [6.45, 7) is 6.67. The lowest BCUT2D eigenvalue weighted by atomic mass is 9.88. The highest BCUT2D eigenvalue weighted by Crippen LogP contribution is 2.39. The van der Waals surface area contributed by atoms with Crippen molar-refractivity contribution >= 4 is 31.6 Å². The van der Waals surface area contributed by atoms with Crippen LogP contribution in [0.15, 0.2) is 24.3 Å². The normalized spacial score (nSPS) is 23.2. The largest absolute Gasteiger partial charge is 0.370 e. The molecule has 0 amide bonds. The average Bonchev–Trinajstić information content (AvgIpc) is 3.26. The van der Waals surface area contributed by atoms with Gasteiger partial charge in [0.15, 0.2) is 0 Å². The van der Waals surface area contributed by atoms with Gasteiger partial charge in [0.25, 0.3) is 0 Å². The van der Waals surface area contributed by atoms with Crippen LogP contribution in [0.2, 0.25) is 0 Å². The zero-order valence-electron chi connectivity index (χ0n) is 16.6. The van der Waals surface area contributed by atoms with E-state index < -0.39 is 15.3 Å². The van der Waals surface area contributed by atoms with Gasteiger partial charge < -0.3 is 4.74 Å². The highest BCUT2D eigenvalue weighted by Gasteiger charge is 2.42. The van der Waals surface area contributed by atoms with E-state index >= 15 is 0 Å². The smallest absolute Gasteiger partial charge is 0.214 e. The van der Waals surface area contributed by atoms with Gasteiger partial charge >= 0.3 is 0 Å². The number of aromatic nitrogens is 1. The predicted molar refractivity (Wildman–Crippen MR) is 113 cm³/mol. The van der Waals surface area contributed by atoms with Crippen molar-refractivity contribution in [2.45, 2.75) is 63.0 Å². The van der Waals surface area contributed by atoms with Gasteiger partial charge in [0.1, 0.15) is 5.01 Å². The Morgan fingerprint density at radius 3 is 2.75 bits per heavy atom. The third-order valence-electron chi connectivity index (χ3n) is 5.94. The van der Waals surface area contributed by atoms with Crippen LogP contribution in [-0.2, 0) is 21.3 Å². The topological polar surface area (TPSA) is 71.5 Å². The van der Waals surface area contributed by atoms with Gasteiger partial charge in [0.05, 0.1) is 33.7 Å². The maximum atomic E-state index is 12.0. The fourth-order valence-corrected chi connectivity index (χ4v) is 5.84. The summed E-state index contributed by atoms with van der Waals surface area (Å²) in [5, 5.41) is 0.763. The molecule has 0 bridgehead atoms. The summed E-state index contributed by atoms with van der Waals surface area (Å²) >= 11 is 1.78. The molecule has 1 N–H and O–H groups in total. The van der Waals surface area contributed by atoms with Crippen molar-refractivity contribution < 1.29 is 13.2 Å². The van der Waals surface area contributed by atoms with Crippen LogP contribution in [0.5, 0.6) is 0 Å². The number of hydrogen-bond donors (Lipinski definition) is 1. The Labute approximate surface area is 171 Å². The van der Waals surface area contributed by atoms with Crippen molar-refractivity contribution in [3.8, 4) is 0 Å². The molecule has 2 fully saturated rings. The maximum Gasteiger partial charge on any atom is 0.214 e. The van der Waals surface area contributed by atoms with Crippen LogP contribution in [0.1, 0.15) is 44.5 Å². The van der Waals surface area contributed by atoms with Crippen molar-refractivity contribution in [1.29, 1.82) is 0 Å². The number of ether oxygens (including phenoxy) is 1. The van der Waals surface area contributed by atoms with Gasteiger partial charge in [-0.15, -0.1) is 11.3 Å². The molecule has 0 radical (unpaired) electrons. The summed E-state index contributed by atoms with van der Waals surface area (Å²) in [4.78, 5) is 7.21. The van der Waals surface area contributed by atoms with E-state index in [2.05, 4.69) is 27.8 Å².